The topological polar surface area (TPSA) is 78.3 Å². The number of carbonyl (C=O) groups is 1. The quantitative estimate of drug-likeness (QED) is 0.548. The SMILES string of the molecule is COc1ccc(C(NC(=O)c2ccccc2)n2nnc3ccccc32)cc1OC. The summed E-state index contributed by atoms with van der Waals surface area (Å²) in [7, 11) is 3.15. The summed E-state index contributed by atoms with van der Waals surface area (Å²) < 4.78 is 12.5. The van der Waals surface area contributed by atoms with Crippen molar-refractivity contribution in [3.63, 3.8) is 0 Å². The van der Waals surface area contributed by atoms with E-state index in [4.69, 9.17) is 9.47 Å². The van der Waals surface area contributed by atoms with Crippen molar-refractivity contribution in [1.82, 2.24) is 20.3 Å². The van der Waals surface area contributed by atoms with E-state index in [9.17, 15) is 4.79 Å². The Morgan fingerprint density at radius 3 is 2.41 bits per heavy atom. The van der Waals surface area contributed by atoms with Gasteiger partial charge in [0.1, 0.15) is 5.52 Å². The van der Waals surface area contributed by atoms with Gasteiger partial charge in [-0.15, -0.1) is 5.10 Å². The molecule has 0 radical (unpaired) electrons. The number of nitrogens with one attached hydrogen (secondary N) is 1. The van der Waals surface area contributed by atoms with E-state index in [1.54, 1.807) is 37.1 Å². The Hall–Kier alpha value is -3.87. The number of rotatable bonds is 6. The molecular formula is C22H20N4O3. The molecule has 0 aliphatic carbocycles. The maximum Gasteiger partial charge on any atom is 0.253 e. The number of fused-ring (bicyclic) bond motifs is 1. The van der Waals surface area contributed by atoms with Crippen molar-refractivity contribution in [3.05, 3.63) is 83.9 Å². The van der Waals surface area contributed by atoms with Gasteiger partial charge >= 0.3 is 0 Å². The van der Waals surface area contributed by atoms with E-state index in [0.29, 0.717) is 17.1 Å². The van der Waals surface area contributed by atoms with Crippen LogP contribution in [0.4, 0.5) is 0 Å². The van der Waals surface area contributed by atoms with Crippen LogP contribution in [-0.4, -0.2) is 35.1 Å². The van der Waals surface area contributed by atoms with E-state index in [1.807, 2.05) is 54.6 Å². The fourth-order valence-electron chi connectivity index (χ4n) is 3.18. The average Bonchev–Trinajstić information content (AvgIpc) is 3.21. The predicted octanol–water partition coefficient (Wildman–Crippen LogP) is 3.43. The second kappa shape index (κ2) is 8.02. The van der Waals surface area contributed by atoms with Gasteiger partial charge in [-0.3, -0.25) is 4.79 Å². The molecule has 3 aromatic carbocycles. The lowest BCUT2D eigenvalue weighted by Gasteiger charge is -2.21. The molecular weight excluding hydrogens is 368 g/mol. The average molecular weight is 388 g/mol. The molecule has 1 atom stereocenters. The Morgan fingerprint density at radius 1 is 0.931 bits per heavy atom. The highest BCUT2D eigenvalue weighted by Crippen LogP contribution is 2.31. The van der Waals surface area contributed by atoms with Crippen molar-refractivity contribution in [1.29, 1.82) is 0 Å². The Kier molecular flexibility index (Phi) is 5.11. The van der Waals surface area contributed by atoms with Gasteiger partial charge < -0.3 is 14.8 Å². The van der Waals surface area contributed by atoms with Gasteiger partial charge in [0, 0.05) is 11.1 Å². The third-order valence-corrected chi connectivity index (χ3v) is 4.65. The summed E-state index contributed by atoms with van der Waals surface area (Å²) in [6.07, 6.45) is -0.588. The molecule has 1 N–H and O–H groups in total. The number of para-hydroxylation sites is 1. The number of aromatic nitrogens is 3. The highest BCUT2D eigenvalue weighted by atomic mass is 16.5. The molecule has 0 aliphatic rings. The van der Waals surface area contributed by atoms with Crippen molar-refractivity contribution in [2.24, 2.45) is 0 Å². The number of benzene rings is 3. The minimum absolute atomic E-state index is 0.218. The van der Waals surface area contributed by atoms with Gasteiger partial charge in [-0.2, -0.15) is 0 Å². The highest BCUT2D eigenvalue weighted by Gasteiger charge is 2.22. The second-order valence-electron chi connectivity index (χ2n) is 6.38. The fraction of sp³-hybridized carbons (Fsp3) is 0.136. The standard InChI is InChI=1S/C22H20N4O3/c1-28-19-13-12-16(14-20(19)29-2)21(23-22(27)15-8-4-3-5-9-15)26-18-11-7-6-10-17(18)24-25-26/h3-14,21H,1-2H3,(H,23,27). The maximum atomic E-state index is 12.9. The van der Waals surface area contributed by atoms with Crippen LogP contribution in [0.25, 0.3) is 11.0 Å². The van der Waals surface area contributed by atoms with Crippen LogP contribution in [0.5, 0.6) is 11.5 Å². The minimum atomic E-state index is -0.588. The van der Waals surface area contributed by atoms with Crippen molar-refractivity contribution >= 4 is 16.9 Å². The number of carbonyl (C=O) groups excluding carboxylic acids is 1. The molecule has 1 unspecified atom stereocenters. The van der Waals surface area contributed by atoms with Crippen LogP contribution in [0.1, 0.15) is 22.1 Å². The van der Waals surface area contributed by atoms with E-state index in [2.05, 4.69) is 15.6 Å². The first-order valence-electron chi connectivity index (χ1n) is 9.09. The van der Waals surface area contributed by atoms with E-state index in [-0.39, 0.29) is 5.91 Å². The van der Waals surface area contributed by atoms with Gasteiger partial charge in [0.25, 0.3) is 5.91 Å². The number of hydrogen-bond acceptors (Lipinski definition) is 5. The highest BCUT2D eigenvalue weighted by molar-refractivity contribution is 5.94. The number of methoxy groups -OCH3 is 2. The summed E-state index contributed by atoms with van der Waals surface area (Å²) in [6, 6.07) is 22.1. The molecule has 146 valence electrons. The van der Waals surface area contributed by atoms with Crippen LogP contribution in [0.3, 0.4) is 0 Å². The minimum Gasteiger partial charge on any atom is -0.493 e. The van der Waals surface area contributed by atoms with Gasteiger partial charge in [0.05, 0.1) is 19.7 Å². The summed E-state index contributed by atoms with van der Waals surface area (Å²) >= 11 is 0. The van der Waals surface area contributed by atoms with Gasteiger partial charge in [0.15, 0.2) is 17.7 Å². The normalized spacial score (nSPS) is 11.8. The molecule has 1 amide bonds. The first-order chi connectivity index (χ1) is 14.2. The number of nitrogens with zero attached hydrogens (tertiary/aromatic N) is 3. The fourth-order valence-corrected chi connectivity index (χ4v) is 3.18. The molecule has 4 rings (SSSR count). The zero-order chi connectivity index (χ0) is 20.2. The molecule has 7 heteroatoms. The molecule has 29 heavy (non-hydrogen) atoms. The third-order valence-electron chi connectivity index (χ3n) is 4.65. The lowest BCUT2D eigenvalue weighted by molar-refractivity contribution is 0.0927. The van der Waals surface area contributed by atoms with Crippen LogP contribution < -0.4 is 14.8 Å². The lowest BCUT2D eigenvalue weighted by atomic mass is 10.1. The number of ether oxygens (including phenoxy) is 2. The van der Waals surface area contributed by atoms with Crippen LogP contribution in [0.2, 0.25) is 0 Å². The molecule has 1 aromatic heterocycles. The first-order valence-corrected chi connectivity index (χ1v) is 9.09. The van der Waals surface area contributed by atoms with Gasteiger partial charge in [-0.1, -0.05) is 41.6 Å². The van der Waals surface area contributed by atoms with Crippen LogP contribution in [0, 0.1) is 0 Å². The second-order valence-corrected chi connectivity index (χ2v) is 6.38. The van der Waals surface area contributed by atoms with Gasteiger partial charge in [0.2, 0.25) is 0 Å². The van der Waals surface area contributed by atoms with Gasteiger partial charge in [-0.05, 0) is 36.4 Å². The smallest absolute Gasteiger partial charge is 0.253 e. The summed E-state index contributed by atoms with van der Waals surface area (Å²) in [4.78, 5) is 12.9. The summed E-state index contributed by atoms with van der Waals surface area (Å²) in [5.41, 5.74) is 2.89. The number of hydrogen-bond donors (Lipinski definition) is 1. The van der Waals surface area contributed by atoms with Crippen molar-refractivity contribution in [3.8, 4) is 11.5 Å². The van der Waals surface area contributed by atoms with Crippen molar-refractivity contribution in [2.75, 3.05) is 14.2 Å². The molecule has 0 aliphatic heterocycles. The Balaban J connectivity index is 1.80. The van der Waals surface area contributed by atoms with Crippen LogP contribution in [0.15, 0.2) is 72.8 Å². The number of amides is 1. The van der Waals surface area contributed by atoms with Crippen LogP contribution >= 0.6 is 0 Å². The molecule has 0 fully saturated rings. The van der Waals surface area contributed by atoms with E-state index >= 15 is 0 Å². The molecule has 4 aromatic rings. The molecule has 0 bridgehead atoms. The largest absolute Gasteiger partial charge is 0.493 e. The molecule has 0 saturated heterocycles. The van der Waals surface area contributed by atoms with E-state index < -0.39 is 6.17 Å². The third kappa shape index (κ3) is 3.62. The first kappa shape index (κ1) is 18.5. The maximum absolute atomic E-state index is 12.9. The molecule has 7 nitrogen and oxygen atoms in total. The lowest BCUT2D eigenvalue weighted by Crippen LogP contribution is -2.34. The van der Waals surface area contributed by atoms with Crippen molar-refractivity contribution in [2.45, 2.75) is 6.17 Å². The Morgan fingerprint density at radius 2 is 1.66 bits per heavy atom. The summed E-state index contributed by atoms with van der Waals surface area (Å²) in [5, 5.41) is 11.6. The zero-order valence-electron chi connectivity index (χ0n) is 16.1. The zero-order valence-corrected chi connectivity index (χ0v) is 16.1. The van der Waals surface area contributed by atoms with E-state index in [0.717, 1.165) is 16.6 Å². The molecule has 1 heterocycles. The molecule has 0 spiro atoms. The van der Waals surface area contributed by atoms with Crippen molar-refractivity contribution < 1.29 is 14.3 Å². The van der Waals surface area contributed by atoms with Crippen LogP contribution in [-0.2, 0) is 0 Å². The Labute approximate surface area is 167 Å². The molecule has 0 saturated carbocycles. The van der Waals surface area contributed by atoms with Gasteiger partial charge in [-0.25, -0.2) is 4.68 Å². The van der Waals surface area contributed by atoms with E-state index in [1.165, 1.54) is 0 Å². The monoisotopic (exact) mass is 388 g/mol. The summed E-state index contributed by atoms with van der Waals surface area (Å²) in [6.45, 7) is 0. The summed E-state index contributed by atoms with van der Waals surface area (Å²) in [5.74, 6) is 0.950. The Bertz CT molecular complexity index is 1140. The predicted molar refractivity (Wildman–Crippen MR) is 109 cm³/mol.